The normalized spacial score (nSPS) is 19.6. The molecule has 0 fully saturated rings. The van der Waals surface area contributed by atoms with Crippen molar-refractivity contribution in [2.24, 2.45) is 5.92 Å². The Labute approximate surface area is 89.8 Å². The van der Waals surface area contributed by atoms with Gasteiger partial charge in [0.05, 0.1) is 5.92 Å². The second kappa shape index (κ2) is 3.61. The summed E-state index contributed by atoms with van der Waals surface area (Å²) < 4.78 is 6.30. The molecule has 0 saturated carbocycles. The minimum absolute atomic E-state index is 0.268. The molecular formula is C10H9BrO3. The first-order valence-corrected chi connectivity index (χ1v) is 5.10. The van der Waals surface area contributed by atoms with Crippen LogP contribution in [0.1, 0.15) is 5.56 Å². The number of rotatable bonds is 1. The number of hydrogen-bond acceptors (Lipinski definition) is 2. The van der Waals surface area contributed by atoms with Crippen LogP contribution in [0, 0.1) is 5.92 Å². The Hall–Kier alpha value is -1.03. The fraction of sp³-hybridized carbons (Fsp3) is 0.300. The van der Waals surface area contributed by atoms with Gasteiger partial charge in [0.2, 0.25) is 0 Å². The summed E-state index contributed by atoms with van der Waals surface area (Å²) in [6.07, 6.45) is 0.546. The zero-order chi connectivity index (χ0) is 10.1. The Kier molecular flexibility index (Phi) is 2.46. The summed E-state index contributed by atoms with van der Waals surface area (Å²) in [5.41, 5.74) is 0.957. The Morgan fingerprint density at radius 3 is 3.07 bits per heavy atom. The van der Waals surface area contributed by atoms with E-state index in [-0.39, 0.29) is 6.61 Å². The molecule has 1 atom stereocenters. The number of aliphatic carboxylic acids is 1. The van der Waals surface area contributed by atoms with Crippen LogP contribution in [0.25, 0.3) is 0 Å². The highest BCUT2D eigenvalue weighted by Gasteiger charge is 2.25. The minimum atomic E-state index is -0.796. The zero-order valence-electron chi connectivity index (χ0n) is 7.37. The highest BCUT2D eigenvalue weighted by molar-refractivity contribution is 9.10. The van der Waals surface area contributed by atoms with Crippen LogP contribution in [0.5, 0.6) is 5.75 Å². The lowest BCUT2D eigenvalue weighted by molar-refractivity contribution is -0.143. The molecular weight excluding hydrogens is 248 g/mol. The number of benzene rings is 1. The van der Waals surface area contributed by atoms with Gasteiger partial charge in [-0.3, -0.25) is 4.79 Å². The Morgan fingerprint density at radius 1 is 1.57 bits per heavy atom. The predicted octanol–water partition coefficient (Wildman–Crippen LogP) is 2.08. The molecule has 14 heavy (non-hydrogen) atoms. The summed E-state index contributed by atoms with van der Waals surface area (Å²) in [7, 11) is 0. The smallest absolute Gasteiger partial charge is 0.310 e. The van der Waals surface area contributed by atoms with Crippen LogP contribution >= 0.6 is 15.9 Å². The number of carboxylic acid groups (broad SMARTS) is 1. The van der Waals surface area contributed by atoms with Gasteiger partial charge in [-0.1, -0.05) is 15.9 Å². The molecule has 1 aliphatic rings. The fourth-order valence-corrected chi connectivity index (χ4v) is 1.93. The molecule has 1 aliphatic heterocycles. The maximum Gasteiger partial charge on any atom is 0.310 e. The molecule has 1 aromatic carbocycles. The molecule has 2 rings (SSSR count). The van der Waals surface area contributed by atoms with Crippen molar-refractivity contribution in [2.45, 2.75) is 6.42 Å². The highest BCUT2D eigenvalue weighted by atomic mass is 79.9. The molecule has 1 N–H and O–H groups in total. The van der Waals surface area contributed by atoms with Crippen molar-refractivity contribution in [3.05, 3.63) is 28.2 Å². The van der Waals surface area contributed by atoms with Crippen molar-refractivity contribution in [1.29, 1.82) is 0 Å². The predicted molar refractivity (Wildman–Crippen MR) is 54.5 cm³/mol. The highest BCUT2D eigenvalue weighted by Crippen LogP contribution is 2.29. The molecule has 0 saturated heterocycles. The number of hydrogen-bond donors (Lipinski definition) is 1. The SMILES string of the molecule is O=C(O)C1COc2ccc(Br)cc2C1. The zero-order valence-corrected chi connectivity index (χ0v) is 8.95. The molecule has 0 aromatic heterocycles. The van der Waals surface area contributed by atoms with Gasteiger partial charge < -0.3 is 9.84 Å². The lowest BCUT2D eigenvalue weighted by Crippen LogP contribution is -2.27. The van der Waals surface area contributed by atoms with Crippen molar-refractivity contribution in [3.63, 3.8) is 0 Å². The van der Waals surface area contributed by atoms with Gasteiger partial charge in [-0.15, -0.1) is 0 Å². The minimum Gasteiger partial charge on any atom is -0.492 e. The van der Waals surface area contributed by atoms with Gasteiger partial charge in [0.1, 0.15) is 12.4 Å². The van der Waals surface area contributed by atoms with Crippen LogP contribution in [0.15, 0.2) is 22.7 Å². The number of carbonyl (C=O) groups is 1. The molecule has 1 aromatic rings. The molecule has 0 spiro atoms. The first-order chi connectivity index (χ1) is 6.66. The third kappa shape index (κ3) is 1.75. The molecule has 0 radical (unpaired) electrons. The van der Waals surface area contributed by atoms with Gasteiger partial charge in [-0.25, -0.2) is 0 Å². The first kappa shape index (κ1) is 9.52. The lowest BCUT2D eigenvalue weighted by atomic mass is 9.97. The summed E-state index contributed by atoms with van der Waals surface area (Å²) in [5, 5.41) is 8.84. The van der Waals surface area contributed by atoms with Gasteiger partial charge >= 0.3 is 5.97 Å². The quantitative estimate of drug-likeness (QED) is 0.837. The number of carboxylic acids is 1. The molecule has 1 heterocycles. The van der Waals surface area contributed by atoms with E-state index in [1.807, 2.05) is 18.2 Å². The van der Waals surface area contributed by atoms with Crippen LogP contribution in [0.3, 0.4) is 0 Å². The van der Waals surface area contributed by atoms with E-state index in [0.717, 1.165) is 15.8 Å². The van der Waals surface area contributed by atoms with Gasteiger partial charge in [0, 0.05) is 4.47 Å². The summed E-state index contributed by atoms with van der Waals surface area (Å²) in [6.45, 7) is 0.268. The van der Waals surface area contributed by atoms with E-state index in [1.54, 1.807) is 0 Å². The topological polar surface area (TPSA) is 46.5 Å². The average Bonchev–Trinajstić information content (AvgIpc) is 2.16. The first-order valence-electron chi connectivity index (χ1n) is 4.31. The number of fused-ring (bicyclic) bond motifs is 1. The third-order valence-electron chi connectivity index (χ3n) is 2.28. The summed E-state index contributed by atoms with van der Waals surface area (Å²) in [4.78, 5) is 10.8. The second-order valence-electron chi connectivity index (χ2n) is 3.30. The van der Waals surface area contributed by atoms with E-state index in [2.05, 4.69) is 15.9 Å². The molecule has 74 valence electrons. The molecule has 3 nitrogen and oxygen atoms in total. The molecule has 1 unspecified atom stereocenters. The molecule has 0 bridgehead atoms. The third-order valence-corrected chi connectivity index (χ3v) is 2.77. The summed E-state index contributed by atoms with van der Waals surface area (Å²) in [5.74, 6) is -0.418. The van der Waals surface area contributed by atoms with Crippen molar-refractivity contribution >= 4 is 21.9 Å². The maximum atomic E-state index is 10.8. The van der Waals surface area contributed by atoms with E-state index in [9.17, 15) is 4.79 Å². The number of halogens is 1. The van der Waals surface area contributed by atoms with Gasteiger partial charge in [-0.05, 0) is 30.2 Å². The van der Waals surface area contributed by atoms with Crippen LogP contribution in [-0.4, -0.2) is 17.7 Å². The van der Waals surface area contributed by atoms with Crippen LogP contribution in [0.2, 0.25) is 0 Å². The second-order valence-corrected chi connectivity index (χ2v) is 4.22. The maximum absolute atomic E-state index is 10.8. The van der Waals surface area contributed by atoms with E-state index in [0.29, 0.717) is 6.42 Å². The van der Waals surface area contributed by atoms with Crippen molar-refractivity contribution < 1.29 is 14.6 Å². The standard InChI is InChI=1S/C10H9BrO3/c11-8-1-2-9-6(4-8)3-7(5-14-9)10(12)13/h1-2,4,7H,3,5H2,(H,12,13). The van der Waals surface area contributed by atoms with Crippen molar-refractivity contribution in [1.82, 2.24) is 0 Å². The Balaban J connectivity index is 2.29. The fourth-order valence-electron chi connectivity index (χ4n) is 1.52. The number of ether oxygens (including phenoxy) is 1. The van der Waals surface area contributed by atoms with Crippen LogP contribution in [-0.2, 0) is 11.2 Å². The molecule has 4 heteroatoms. The van der Waals surface area contributed by atoms with E-state index < -0.39 is 11.9 Å². The largest absolute Gasteiger partial charge is 0.492 e. The van der Waals surface area contributed by atoms with Crippen molar-refractivity contribution in [2.75, 3.05) is 6.61 Å². The van der Waals surface area contributed by atoms with Gasteiger partial charge in [0.15, 0.2) is 0 Å². The average molecular weight is 257 g/mol. The monoisotopic (exact) mass is 256 g/mol. The summed E-state index contributed by atoms with van der Waals surface area (Å²) in [6, 6.07) is 5.65. The van der Waals surface area contributed by atoms with E-state index >= 15 is 0 Å². The van der Waals surface area contributed by atoms with E-state index in [4.69, 9.17) is 9.84 Å². The Bertz CT molecular complexity index is 376. The van der Waals surface area contributed by atoms with E-state index in [1.165, 1.54) is 0 Å². The lowest BCUT2D eigenvalue weighted by Gasteiger charge is -2.22. The molecule has 0 amide bonds. The Morgan fingerprint density at radius 2 is 2.36 bits per heavy atom. The van der Waals surface area contributed by atoms with Gasteiger partial charge in [-0.2, -0.15) is 0 Å². The van der Waals surface area contributed by atoms with Crippen LogP contribution in [0.4, 0.5) is 0 Å². The molecule has 0 aliphatic carbocycles. The van der Waals surface area contributed by atoms with Crippen LogP contribution < -0.4 is 4.74 Å². The van der Waals surface area contributed by atoms with Gasteiger partial charge in [0.25, 0.3) is 0 Å². The van der Waals surface area contributed by atoms with Crippen molar-refractivity contribution in [3.8, 4) is 5.75 Å². The summed E-state index contributed by atoms with van der Waals surface area (Å²) >= 11 is 3.34.